The number of aromatic nitrogens is 3. The van der Waals surface area contributed by atoms with Gasteiger partial charge >= 0.3 is 11.8 Å². The second-order valence-corrected chi connectivity index (χ2v) is 13.5. The van der Waals surface area contributed by atoms with Crippen molar-refractivity contribution in [3.8, 4) is 22.6 Å². The minimum absolute atomic E-state index is 0.00954. The van der Waals surface area contributed by atoms with E-state index in [9.17, 15) is 9.59 Å². The van der Waals surface area contributed by atoms with Crippen molar-refractivity contribution in [3.05, 3.63) is 74.7 Å². The van der Waals surface area contributed by atoms with E-state index in [0.717, 1.165) is 11.3 Å². The maximum Gasteiger partial charge on any atom is 0.410 e. The molecule has 2 aromatic heterocycles. The van der Waals surface area contributed by atoms with Crippen LogP contribution >= 0.6 is 11.6 Å². The molecule has 2 aliphatic rings. The highest BCUT2D eigenvalue weighted by Gasteiger charge is 2.35. The number of pyridine rings is 1. The zero-order valence-corrected chi connectivity index (χ0v) is 27.3. The number of fused-ring (bicyclic) bond motifs is 5. The number of carbonyl (C=O) groups excluding carboxylic acids is 1. The van der Waals surface area contributed by atoms with Gasteiger partial charge in [0.2, 0.25) is 0 Å². The first-order valence-electron chi connectivity index (χ1n) is 15.2. The molecule has 0 unspecified atom stereocenters. The lowest BCUT2D eigenvalue weighted by atomic mass is 9.94. The average molecular weight is 634 g/mol. The summed E-state index contributed by atoms with van der Waals surface area (Å²) in [5.41, 5.74) is 2.88. The summed E-state index contributed by atoms with van der Waals surface area (Å²) < 4.78 is 29.0. The third kappa shape index (κ3) is 5.39. The van der Waals surface area contributed by atoms with Crippen molar-refractivity contribution in [1.29, 1.82) is 0 Å². The molecule has 11 heteroatoms. The van der Waals surface area contributed by atoms with Gasteiger partial charge in [-0.15, -0.1) is 0 Å². The van der Waals surface area contributed by atoms with E-state index < -0.39 is 17.1 Å². The Morgan fingerprint density at radius 3 is 2.62 bits per heavy atom. The van der Waals surface area contributed by atoms with Crippen LogP contribution in [0.3, 0.4) is 0 Å². The molecule has 2 aliphatic heterocycles. The number of benzene rings is 2. The van der Waals surface area contributed by atoms with Crippen LogP contribution in [0.15, 0.2) is 41.3 Å². The molecule has 1 amide bonds. The highest BCUT2D eigenvalue weighted by molar-refractivity contribution is 6.35. The molecule has 0 bridgehead atoms. The Labute approximate surface area is 266 Å². The Morgan fingerprint density at radius 2 is 1.93 bits per heavy atom. The third-order valence-electron chi connectivity index (χ3n) is 8.26. The number of ether oxygens (including phenoxy) is 2. The van der Waals surface area contributed by atoms with E-state index in [4.69, 9.17) is 21.1 Å². The molecule has 0 radical (unpaired) electrons. The molecule has 0 N–H and O–H groups in total. The van der Waals surface area contributed by atoms with Crippen LogP contribution in [0.5, 0.6) is 5.75 Å². The fourth-order valence-electron chi connectivity index (χ4n) is 6.27. The van der Waals surface area contributed by atoms with Gasteiger partial charge in [0, 0.05) is 53.9 Å². The Hall–Kier alpha value is -4.18. The Bertz CT molecular complexity index is 1900. The van der Waals surface area contributed by atoms with Crippen LogP contribution in [0.25, 0.3) is 27.7 Å². The van der Waals surface area contributed by atoms with Gasteiger partial charge < -0.3 is 19.3 Å². The summed E-state index contributed by atoms with van der Waals surface area (Å²) in [7, 11) is 0. The highest BCUT2D eigenvalue weighted by atomic mass is 35.5. The van der Waals surface area contributed by atoms with Crippen LogP contribution in [-0.4, -0.2) is 56.8 Å². The first-order chi connectivity index (χ1) is 21.3. The van der Waals surface area contributed by atoms with Gasteiger partial charge in [-0.3, -0.25) is 9.55 Å². The SMILES string of the molecule is Cc1ccnc(C(C)C)c1-n1c(=O)nc(N2CCN(C(=O)OC(C)(C)C)C[C@@H]2C)c2cc(Cl)c3c(c21)OCc1cccc(F)c1-3. The number of anilines is 1. The summed E-state index contributed by atoms with van der Waals surface area (Å²) in [5, 5.41) is 0.859. The van der Waals surface area contributed by atoms with Gasteiger partial charge in [0.1, 0.15) is 29.4 Å². The van der Waals surface area contributed by atoms with E-state index in [0.29, 0.717) is 64.5 Å². The first-order valence-corrected chi connectivity index (χ1v) is 15.5. The van der Waals surface area contributed by atoms with E-state index in [1.165, 1.54) is 6.07 Å². The zero-order valence-electron chi connectivity index (χ0n) is 26.6. The first kappa shape index (κ1) is 30.8. The lowest BCUT2D eigenvalue weighted by molar-refractivity contribution is 0.0218. The summed E-state index contributed by atoms with van der Waals surface area (Å²) in [4.78, 5) is 40.1. The largest absolute Gasteiger partial charge is 0.486 e. The van der Waals surface area contributed by atoms with E-state index in [1.54, 1.807) is 33.9 Å². The number of rotatable bonds is 3. The third-order valence-corrected chi connectivity index (χ3v) is 8.56. The van der Waals surface area contributed by atoms with Crippen LogP contribution in [-0.2, 0) is 11.3 Å². The molecule has 0 spiro atoms. The summed E-state index contributed by atoms with van der Waals surface area (Å²) in [5.74, 6) is 0.301. The predicted octanol–water partition coefficient (Wildman–Crippen LogP) is 7.01. The molecule has 236 valence electrons. The highest BCUT2D eigenvalue weighted by Crippen LogP contribution is 2.49. The maximum absolute atomic E-state index is 15.4. The minimum atomic E-state index is -0.618. The van der Waals surface area contributed by atoms with E-state index in [2.05, 4.69) is 9.97 Å². The fourth-order valence-corrected chi connectivity index (χ4v) is 6.56. The lowest BCUT2D eigenvalue weighted by Gasteiger charge is -2.41. The molecule has 1 fully saturated rings. The number of amides is 1. The summed E-state index contributed by atoms with van der Waals surface area (Å²) in [6.07, 6.45) is 1.34. The van der Waals surface area contributed by atoms with Crippen LogP contribution in [0.1, 0.15) is 64.3 Å². The van der Waals surface area contributed by atoms with Crippen molar-refractivity contribution in [2.75, 3.05) is 24.5 Å². The Balaban J connectivity index is 1.61. The standard InChI is InChI=1S/C34H37ClFN5O4/c1-18(2)27-28(19(3)11-12-37-27)41-29-22(15-23(35)26-25-21(17-44-30(26)29)9-8-10-24(25)36)31(38-32(41)42)40-14-13-39(16-20(40)4)33(43)45-34(5,6)7/h8-12,15,18,20H,13-14,16-17H2,1-7H3/t20-/m0/s1. The molecule has 0 saturated carbocycles. The van der Waals surface area contributed by atoms with Crippen molar-refractivity contribution in [1.82, 2.24) is 19.4 Å². The summed E-state index contributed by atoms with van der Waals surface area (Å²) in [6, 6.07) is 8.23. The zero-order chi connectivity index (χ0) is 32.4. The fraction of sp³-hybridized carbons (Fsp3) is 0.412. The second-order valence-electron chi connectivity index (χ2n) is 13.1. The molecule has 4 aromatic rings. The number of piperazine rings is 1. The molecule has 4 heterocycles. The van der Waals surface area contributed by atoms with Gasteiger partial charge in [-0.1, -0.05) is 37.6 Å². The molecular weight excluding hydrogens is 597 g/mol. The molecule has 1 saturated heterocycles. The van der Waals surface area contributed by atoms with Crippen molar-refractivity contribution >= 4 is 34.4 Å². The summed E-state index contributed by atoms with van der Waals surface area (Å²) in [6.45, 7) is 14.7. The van der Waals surface area contributed by atoms with Gasteiger partial charge in [0.05, 0.1) is 16.4 Å². The van der Waals surface area contributed by atoms with Gasteiger partial charge in [0.25, 0.3) is 0 Å². The topological polar surface area (TPSA) is 89.8 Å². The van der Waals surface area contributed by atoms with Gasteiger partial charge in [-0.25, -0.2) is 14.0 Å². The number of nitrogens with zero attached hydrogens (tertiary/aromatic N) is 5. The smallest absolute Gasteiger partial charge is 0.410 e. The molecule has 45 heavy (non-hydrogen) atoms. The van der Waals surface area contributed by atoms with Crippen LogP contribution in [0, 0.1) is 12.7 Å². The van der Waals surface area contributed by atoms with Gasteiger partial charge in [-0.05, 0) is 64.3 Å². The molecule has 0 aliphatic carbocycles. The quantitative estimate of drug-likeness (QED) is 0.240. The number of halogens is 2. The van der Waals surface area contributed by atoms with Crippen LogP contribution < -0.4 is 15.3 Å². The van der Waals surface area contributed by atoms with Gasteiger partial charge in [0.15, 0.2) is 5.75 Å². The minimum Gasteiger partial charge on any atom is -0.486 e. The van der Waals surface area contributed by atoms with E-state index >= 15 is 4.39 Å². The van der Waals surface area contributed by atoms with Crippen molar-refractivity contribution in [2.45, 2.75) is 72.6 Å². The monoisotopic (exact) mass is 633 g/mol. The van der Waals surface area contributed by atoms with Crippen molar-refractivity contribution < 1.29 is 18.7 Å². The van der Waals surface area contributed by atoms with Gasteiger partial charge in [-0.2, -0.15) is 4.98 Å². The second kappa shape index (κ2) is 11.3. The van der Waals surface area contributed by atoms with Crippen molar-refractivity contribution in [3.63, 3.8) is 0 Å². The number of hydrogen-bond acceptors (Lipinski definition) is 7. The number of carbonyl (C=O) groups is 1. The van der Waals surface area contributed by atoms with Crippen molar-refractivity contribution in [2.24, 2.45) is 0 Å². The Morgan fingerprint density at radius 1 is 1.18 bits per heavy atom. The van der Waals surface area contributed by atoms with E-state index in [1.807, 2.05) is 59.4 Å². The number of aryl methyl sites for hydroxylation is 1. The normalized spacial score (nSPS) is 16.4. The summed E-state index contributed by atoms with van der Waals surface area (Å²) >= 11 is 6.98. The van der Waals surface area contributed by atoms with E-state index in [-0.39, 0.29) is 29.7 Å². The number of hydrogen-bond donors (Lipinski definition) is 0. The molecule has 6 rings (SSSR count). The maximum atomic E-state index is 15.4. The molecular formula is C34H37ClFN5O4. The predicted molar refractivity (Wildman–Crippen MR) is 173 cm³/mol. The Kier molecular flexibility index (Phi) is 7.75. The lowest BCUT2D eigenvalue weighted by Crippen LogP contribution is -2.55. The van der Waals surface area contributed by atoms with Crippen LogP contribution in [0.2, 0.25) is 5.02 Å². The molecule has 1 atom stereocenters. The molecule has 2 aromatic carbocycles. The average Bonchev–Trinajstić information content (AvgIpc) is 2.96. The molecule has 9 nitrogen and oxygen atoms in total. The van der Waals surface area contributed by atoms with Crippen LogP contribution in [0.4, 0.5) is 15.0 Å².